The lowest BCUT2D eigenvalue weighted by Gasteiger charge is -2.21. The zero-order valence-corrected chi connectivity index (χ0v) is 12.2. The summed E-state index contributed by atoms with van der Waals surface area (Å²) in [5.41, 5.74) is 6.06. The minimum absolute atomic E-state index is 0.0956. The predicted octanol–water partition coefficient (Wildman–Crippen LogP) is -0.0425. The maximum atomic E-state index is 12.6. The highest BCUT2D eigenvalue weighted by atomic mass is 32.2. The van der Waals surface area contributed by atoms with Crippen LogP contribution in [0, 0.1) is 0 Å². The molecule has 0 bridgehead atoms. The number of benzene rings is 1. The van der Waals surface area contributed by atoms with Gasteiger partial charge in [0, 0.05) is 26.2 Å². The van der Waals surface area contributed by atoms with Crippen molar-refractivity contribution in [1.29, 1.82) is 0 Å². The Balaban J connectivity index is 2.16. The largest absolute Gasteiger partial charge is 0.398 e. The highest BCUT2D eigenvalue weighted by molar-refractivity contribution is 7.89. The molecule has 0 saturated carbocycles. The minimum Gasteiger partial charge on any atom is -0.398 e. The topological polar surface area (TPSA) is 86.9 Å². The van der Waals surface area contributed by atoms with Crippen molar-refractivity contribution < 1.29 is 13.5 Å². The fraction of sp³-hybridized carbons (Fsp3) is 0.538. The third kappa shape index (κ3) is 3.29. The van der Waals surface area contributed by atoms with E-state index < -0.39 is 10.0 Å². The van der Waals surface area contributed by atoms with Gasteiger partial charge in [-0.25, -0.2) is 8.42 Å². The molecule has 2 rings (SSSR count). The van der Waals surface area contributed by atoms with Crippen LogP contribution in [0.1, 0.15) is 6.42 Å². The summed E-state index contributed by atoms with van der Waals surface area (Å²) in [5.74, 6) is 0. The average molecular weight is 299 g/mol. The van der Waals surface area contributed by atoms with Crippen molar-refractivity contribution in [3.05, 3.63) is 24.3 Å². The molecule has 0 aliphatic carbocycles. The third-order valence-corrected chi connectivity index (χ3v) is 5.47. The molecule has 0 aromatic heterocycles. The number of nitrogen functional groups attached to an aromatic ring is 1. The number of aliphatic hydroxyl groups is 1. The van der Waals surface area contributed by atoms with Gasteiger partial charge in [-0.3, -0.25) is 4.90 Å². The molecule has 0 radical (unpaired) electrons. The van der Waals surface area contributed by atoms with Crippen molar-refractivity contribution in [3.8, 4) is 0 Å². The van der Waals surface area contributed by atoms with E-state index in [4.69, 9.17) is 10.8 Å². The fourth-order valence-corrected chi connectivity index (χ4v) is 3.99. The number of anilines is 1. The van der Waals surface area contributed by atoms with Gasteiger partial charge < -0.3 is 10.8 Å². The van der Waals surface area contributed by atoms with E-state index in [1.54, 1.807) is 24.3 Å². The molecule has 1 aromatic carbocycles. The number of hydrogen-bond acceptors (Lipinski definition) is 5. The smallest absolute Gasteiger partial charge is 0.245 e. The summed E-state index contributed by atoms with van der Waals surface area (Å²) in [6, 6.07) is 6.54. The van der Waals surface area contributed by atoms with Gasteiger partial charge >= 0.3 is 0 Å². The zero-order chi connectivity index (χ0) is 14.6. The Morgan fingerprint density at radius 1 is 1.15 bits per heavy atom. The molecule has 1 saturated heterocycles. The second kappa shape index (κ2) is 6.53. The second-order valence-corrected chi connectivity index (χ2v) is 6.77. The Bertz CT molecular complexity index is 548. The van der Waals surface area contributed by atoms with Gasteiger partial charge in [-0.1, -0.05) is 12.1 Å². The van der Waals surface area contributed by atoms with Crippen molar-refractivity contribution in [2.24, 2.45) is 0 Å². The molecule has 1 aliphatic heterocycles. The van der Waals surface area contributed by atoms with Crippen molar-refractivity contribution in [1.82, 2.24) is 9.21 Å². The highest BCUT2D eigenvalue weighted by Gasteiger charge is 2.28. The molecule has 20 heavy (non-hydrogen) atoms. The molecule has 1 fully saturated rings. The third-order valence-electron chi connectivity index (χ3n) is 3.50. The Labute approximate surface area is 119 Å². The molecule has 0 spiro atoms. The fourth-order valence-electron chi connectivity index (χ4n) is 2.41. The summed E-state index contributed by atoms with van der Waals surface area (Å²) in [6.07, 6.45) is 0.756. The maximum absolute atomic E-state index is 12.6. The second-order valence-electron chi connectivity index (χ2n) is 4.86. The number of nitrogens with zero attached hydrogens (tertiary/aromatic N) is 2. The molecule has 3 N–H and O–H groups in total. The van der Waals surface area contributed by atoms with Gasteiger partial charge in [0.1, 0.15) is 4.90 Å². The van der Waals surface area contributed by atoms with Crippen molar-refractivity contribution >= 4 is 15.7 Å². The molecule has 1 aliphatic rings. The lowest BCUT2D eigenvalue weighted by atomic mass is 10.3. The van der Waals surface area contributed by atoms with Crippen LogP contribution in [0.25, 0.3) is 0 Å². The number of nitrogens with two attached hydrogens (primary N) is 1. The lowest BCUT2D eigenvalue weighted by Crippen LogP contribution is -2.36. The first-order valence-electron chi connectivity index (χ1n) is 6.73. The monoisotopic (exact) mass is 299 g/mol. The summed E-state index contributed by atoms with van der Waals surface area (Å²) in [5, 5.41) is 8.96. The van der Waals surface area contributed by atoms with Gasteiger partial charge in [-0.15, -0.1) is 0 Å². The van der Waals surface area contributed by atoms with E-state index in [0.29, 0.717) is 26.2 Å². The summed E-state index contributed by atoms with van der Waals surface area (Å²) >= 11 is 0. The van der Waals surface area contributed by atoms with Crippen molar-refractivity contribution in [2.75, 3.05) is 45.1 Å². The first kappa shape index (κ1) is 15.2. The standard InChI is InChI=1S/C13H21N3O3S/c14-12-4-1-2-5-13(12)20(18,19)16-7-3-6-15(8-9-16)10-11-17/h1-2,4-5,17H,3,6-11,14H2. The predicted molar refractivity (Wildman–Crippen MR) is 77.8 cm³/mol. The van der Waals surface area contributed by atoms with Gasteiger partial charge in [0.15, 0.2) is 0 Å². The average Bonchev–Trinajstić information content (AvgIpc) is 2.65. The molecule has 7 heteroatoms. The Kier molecular flexibility index (Phi) is 4.98. The molecular formula is C13H21N3O3S. The Morgan fingerprint density at radius 2 is 1.90 bits per heavy atom. The van der Waals surface area contributed by atoms with Crippen LogP contribution in [0.4, 0.5) is 5.69 Å². The van der Waals surface area contributed by atoms with E-state index in [9.17, 15) is 8.42 Å². The molecule has 1 heterocycles. The summed E-state index contributed by atoms with van der Waals surface area (Å²) < 4.78 is 26.7. The molecule has 112 valence electrons. The molecule has 0 unspecified atom stereocenters. The van der Waals surface area contributed by atoms with E-state index in [1.165, 1.54) is 4.31 Å². The first-order valence-corrected chi connectivity index (χ1v) is 8.17. The van der Waals surface area contributed by atoms with Gasteiger partial charge in [0.2, 0.25) is 10.0 Å². The number of sulfonamides is 1. The summed E-state index contributed by atoms with van der Waals surface area (Å²) in [6.45, 7) is 3.03. The first-order chi connectivity index (χ1) is 9.55. The molecule has 6 nitrogen and oxygen atoms in total. The van der Waals surface area contributed by atoms with Crippen LogP contribution < -0.4 is 5.73 Å². The minimum atomic E-state index is -3.54. The normalized spacial score (nSPS) is 18.9. The van der Waals surface area contributed by atoms with Crippen LogP contribution in [0.2, 0.25) is 0 Å². The van der Waals surface area contributed by atoms with Crippen LogP contribution in [-0.4, -0.2) is 62.1 Å². The molecule has 0 atom stereocenters. The maximum Gasteiger partial charge on any atom is 0.245 e. The SMILES string of the molecule is Nc1ccccc1S(=O)(=O)N1CCCN(CCO)CC1. The molecular weight excluding hydrogens is 278 g/mol. The van der Waals surface area contributed by atoms with E-state index >= 15 is 0 Å². The van der Waals surface area contributed by atoms with E-state index in [1.807, 2.05) is 0 Å². The molecule has 1 aromatic rings. The van der Waals surface area contributed by atoms with Crippen LogP contribution >= 0.6 is 0 Å². The number of hydrogen-bond donors (Lipinski definition) is 2. The van der Waals surface area contributed by atoms with Crippen molar-refractivity contribution in [2.45, 2.75) is 11.3 Å². The van der Waals surface area contributed by atoms with Gasteiger partial charge in [0.05, 0.1) is 12.3 Å². The van der Waals surface area contributed by atoms with Gasteiger partial charge in [-0.05, 0) is 25.1 Å². The Morgan fingerprint density at radius 3 is 2.60 bits per heavy atom. The number of para-hydroxylation sites is 1. The number of aliphatic hydroxyl groups excluding tert-OH is 1. The number of rotatable bonds is 4. The van der Waals surface area contributed by atoms with E-state index in [2.05, 4.69) is 4.90 Å². The highest BCUT2D eigenvalue weighted by Crippen LogP contribution is 2.22. The van der Waals surface area contributed by atoms with Crippen LogP contribution in [0.15, 0.2) is 29.2 Å². The summed E-state index contributed by atoms with van der Waals surface area (Å²) in [4.78, 5) is 2.25. The van der Waals surface area contributed by atoms with Crippen LogP contribution in [0.3, 0.4) is 0 Å². The van der Waals surface area contributed by atoms with Gasteiger partial charge in [0.25, 0.3) is 0 Å². The van der Waals surface area contributed by atoms with Crippen LogP contribution in [0.5, 0.6) is 0 Å². The summed E-state index contributed by atoms with van der Waals surface area (Å²) in [7, 11) is -3.54. The number of β-amino-alcohol motifs (C(OH)–C–C–N with tert-alkyl or cyclic N) is 1. The zero-order valence-electron chi connectivity index (χ0n) is 11.4. The van der Waals surface area contributed by atoms with Crippen LogP contribution in [-0.2, 0) is 10.0 Å². The molecule has 0 amide bonds. The van der Waals surface area contributed by atoms with E-state index in [-0.39, 0.29) is 17.2 Å². The van der Waals surface area contributed by atoms with Gasteiger partial charge in [-0.2, -0.15) is 4.31 Å². The van der Waals surface area contributed by atoms with Crippen molar-refractivity contribution in [3.63, 3.8) is 0 Å². The van der Waals surface area contributed by atoms with E-state index in [0.717, 1.165) is 13.0 Å². The lowest BCUT2D eigenvalue weighted by molar-refractivity contribution is 0.202. The Hall–Kier alpha value is -1.15. The quantitative estimate of drug-likeness (QED) is 0.762.